The van der Waals surface area contributed by atoms with E-state index in [2.05, 4.69) is 26.1 Å². The van der Waals surface area contributed by atoms with Gasteiger partial charge in [0.2, 0.25) is 11.8 Å². The standard InChI is InChI=1S/C22H37N3O2/c1-10-20(26)23-18-11-12-19(24(8)9)17(13-18)14-25(16(4)15(2)3)21(27)22(5,6)7/h11-13,15-16H,10,14H2,1-9H3,(H,23,26)/t16-/m1/s1. The summed E-state index contributed by atoms with van der Waals surface area (Å²) in [7, 11) is 3.98. The molecule has 1 N–H and O–H groups in total. The van der Waals surface area contributed by atoms with E-state index in [1.807, 2.05) is 69.8 Å². The number of nitrogens with one attached hydrogen (secondary N) is 1. The lowest BCUT2D eigenvalue weighted by Gasteiger charge is -2.37. The number of benzene rings is 1. The fraction of sp³-hybridized carbons (Fsp3) is 0.636. The fourth-order valence-corrected chi connectivity index (χ4v) is 2.85. The molecule has 5 heteroatoms. The molecular weight excluding hydrogens is 338 g/mol. The number of rotatable bonds is 7. The van der Waals surface area contributed by atoms with Crippen LogP contribution in [-0.4, -0.2) is 36.9 Å². The predicted molar refractivity (Wildman–Crippen MR) is 114 cm³/mol. The minimum atomic E-state index is -0.449. The summed E-state index contributed by atoms with van der Waals surface area (Å²) in [6, 6.07) is 6.01. The predicted octanol–water partition coefficient (Wildman–Crippen LogP) is 4.52. The van der Waals surface area contributed by atoms with Gasteiger partial charge in [-0.05, 0) is 36.6 Å². The highest BCUT2D eigenvalue weighted by Gasteiger charge is 2.32. The van der Waals surface area contributed by atoms with Crippen molar-refractivity contribution in [2.45, 2.75) is 67.5 Å². The third-order valence-corrected chi connectivity index (χ3v) is 4.87. The van der Waals surface area contributed by atoms with Gasteiger partial charge in [0.25, 0.3) is 0 Å². The number of amides is 2. The molecule has 2 amide bonds. The molecular formula is C22H37N3O2. The average Bonchev–Trinajstić information content (AvgIpc) is 2.57. The molecule has 1 atom stereocenters. The fourth-order valence-electron chi connectivity index (χ4n) is 2.85. The summed E-state index contributed by atoms with van der Waals surface area (Å²) in [4.78, 5) is 28.9. The molecule has 0 aliphatic carbocycles. The van der Waals surface area contributed by atoms with Crippen molar-refractivity contribution < 1.29 is 9.59 Å². The van der Waals surface area contributed by atoms with Crippen LogP contribution in [0.15, 0.2) is 18.2 Å². The molecule has 1 rings (SSSR count). The lowest BCUT2D eigenvalue weighted by Crippen LogP contribution is -2.46. The van der Waals surface area contributed by atoms with Gasteiger partial charge in [-0.25, -0.2) is 0 Å². The molecule has 152 valence electrons. The molecule has 1 aromatic carbocycles. The first kappa shape index (κ1) is 23.0. The quantitative estimate of drug-likeness (QED) is 0.762. The number of carbonyl (C=O) groups is 2. The van der Waals surface area contributed by atoms with Crippen LogP contribution in [0.5, 0.6) is 0 Å². The van der Waals surface area contributed by atoms with Gasteiger partial charge in [-0.15, -0.1) is 0 Å². The maximum atomic E-state index is 13.1. The summed E-state index contributed by atoms with van der Waals surface area (Å²) in [6.45, 7) is 14.6. The number of anilines is 2. The molecule has 0 heterocycles. The van der Waals surface area contributed by atoms with E-state index in [-0.39, 0.29) is 17.9 Å². The van der Waals surface area contributed by atoms with Crippen molar-refractivity contribution in [3.8, 4) is 0 Å². The second-order valence-corrected chi connectivity index (χ2v) is 8.81. The first-order valence-electron chi connectivity index (χ1n) is 9.79. The van der Waals surface area contributed by atoms with Crippen LogP contribution in [0.2, 0.25) is 0 Å². The molecule has 0 bridgehead atoms. The summed E-state index contributed by atoms with van der Waals surface area (Å²) >= 11 is 0. The molecule has 0 aliphatic heterocycles. The van der Waals surface area contributed by atoms with Crippen molar-refractivity contribution in [1.82, 2.24) is 4.90 Å². The van der Waals surface area contributed by atoms with Crippen molar-refractivity contribution in [3.05, 3.63) is 23.8 Å². The van der Waals surface area contributed by atoms with Crippen LogP contribution in [0.4, 0.5) is 11.4 Å². The molecule has 0 saturated carbocycles. The maximum Gasteiger partial charge on any atom is 0.228 e. The Balaban J connectivity index is 3.34. The Bertz CT molecular complexity index is 660. The maximum absolute atomic E-state index is 13.1. The zero-order valence-electron chi connectivity index (χ0n) is 18.5. The van der Waals surface area contributed by atoms with Gasteiger partial charge in [-0.3, -0.25) is 9.59 Å². The van der Waals surface area contributed by atoms with Gasteiger partial charge < -0.3 is 15.1 Å². The highest BCUT2D eigenvalue weighted by atomic mass is 16.2. The summed E-state index contributed by atoms with van der Waals surface area (Å²) < 4.78 is 0. The van der Waals surface area contributed by atoms with Gasteiger partial charge in [0, 0.05) is 49.9 Å². The Morgan fingerprint density at radius 3 is 2.15 bits per heavy atom. The monoisotopic (exact) mass is 375 g/mol. The van der Waals surface area contributed by atoms with Gasteiger partial charge in [-0.2, -0.15) is 0 Å². The van der Waals surface area contributed by atoms with Gasteiger partial charge in [0.05, 0.1) is 0 Å². The molecule has 0 spiro atoms. The third kappa shape index (κ3) is 6.26. The largest absolute Gasteiger partial charge is 0.377 e. The summed E-state index contributed by atoms with van der Waals surface area (Å²) in [5, 5.41) is 2.92. The number of nitrogens with zero attached hydrogens (tertiary/aromatic N) is 2. The summed E-state index contributed by atoms with van der Waals surface area (Å²) in [5.74, 6) is 0.468. The van der Waals surface area contributed by atoms with Gasteiger partial charge >= 0.3 is 0 Å². The Kier molecular flexibility index (Phi) is 7.88. The third-order valence-electron chi connectivity index (χ3n) is 4.87. The Morgan fingerprint density at radius 2 is 1.70 bits per heavy atom. The van der Waals surface area contributed by atoms with Gasteiger partial charge in [-0.1, -0.05) is 41.5 Å². The van der Waals surface area contributed by atoms with E-state index in [0.717, 1.165) is 16.9 Å². The molecule has 1 aromatic rings. The second-order valence-electron chi connectivity index (χ2n) is 8.81. The Labute approximate surface area is 165 Å². The van der Waals surface area contributed by atoms with Crippen molar-refractivity contribution in [3.63, 3.8) is 0 Å². The lowest BCUT2D eigenvalue weighted by atomic mass is 9.92. The normalized spacial score (nSPS) is 12.7. The molecule has 0 unspecified atom stereocenters. The van der Waals surface area contributed by atoms with E-state index >= 15 is 0 Å². The minimum Gasteiger partial charge on any atom is -0.377 e. The van der Waals surface area contributed by atoms with E-state index in [0.29, 0.717) is 18.9 Å². The van der Waals surface area contributed by atoms with Crippen molar-refractivity contribution >= 4 is 23.2 Å². The highest BCUT2D eigenvalue weighted by molar-refractivity contribution is 5.91. The first-order chi connectivity index (χ1) is 12.4. The van der Waals surface area contributed by atoms with E-state index in [9.17, 15) is 9.59 Å². The molecule has 0 fully saturated rings. The average molecular weight is 376 g/mol. The summed E-state index contributed by atoms with van der Waals surface area (Å²) in [6.07, 6.45) is 0.434. The Morgan fingerprint density at radius 1 is 1.11 bits per heavy atom. The Hall–Kier alpha value is -2.04. The second kappa shape index (κ2) is 9.25. The van der Waals surface area contributed by atoms with E-state index in [1.165, 1.54) is 0 Å². The van der Waals surface area contributed by atoms with Crippen LogP contribution in [0.25, 0.3) is 0 Å². The van der Waals surface area contributed by atoms with Crippen LogP contribution in [0, 0.1) is 11.3 Å². The highest BCUT2D eigenvalue weighted by Crippen LogP contribution is 2.29. The molecule has 5 nitrogen and oxygen atoms in total. The van der Waals surface area contributed by atoms with Crippen LogP contribution in [-0.2, 0) is 16.1 Å². The summed E-state index contributed by atoms with van der Waals surface area (Å²) in [5.41, 5.74) is 2.39. The SMILES string of the molecule is CCC(=O)Nc1ccc(N(C)C)c(CN(C(=O)C(C)(C)C)[C@H](C)C(C)C)c1. The zero-order valence-corrected chi connectivity index (χ0v) is 18.5. The minimum absolute atomic E-state index is 0.0169. The molecule has 0 aliphatic rings. The first-order valence-corrected chi connectivity index (χ1v) is 9.79. The number of carbonyl (C=O) groups excluding carboxylic acids is 2. The topological polar surface area (TPSA) is 52.7 Å². The molecule has 0 aromatic heterocycles. The molecule has 27 heavy (non-hydrogen) atoms. The number of hydrogen-bond donors (Lipinski definition) is 1. The molecule has 0 radical (unpaired) electrons. The van der Waals surface area contributed by atoms with Crippen molar-refractivity contribution in [2.24, 2.45) is 11.3 Å². The lowest BCUT2D eigenvalue weighted by molar-refractivity contribution is -0.143. The van der Waals surface area contributed by atoms with Gasteiger partial charge in [0.15, 0.2) is 0 Å². The van der Waals surface area contributed by atoms with Crippen LogP contribution in [0.3, 0.4) is 0 Å². The van der Waals surface area contributed by atoms with E-state index in [1.54, 1.807) is 0 Å². The van der Waals surface area contributed by atoms with Crippen LogP contribution in [0.1, 0.15) is 60.5 Å². The molecule has 0 saturated heterocycles. The van der Waals surface area contributed by atoms with E-state index < -0.39 is 5.41 Å². The van der Waals surface area contributed by atoms with Crippen molar-refractivity contribution in [2.75, 3.05) is 24.3 Å². The zero-order chi connectivity index (χ0) is 20.9. The van der Waals surface area contributed by atoms with Crippen molar-refractivity contribution in [1.29, 1.82) is 0 Å². The van der Waals surface area contributed by atoms with E-state index in [4.69, 9.17) is 0 Å². The van der Waals surface area contributed by atoms with Crippen LogP contribution < -0.4 is 10.2 Å². The van der Waals surface area contributed by atoms with Crippen LogP contribution >= 0.6 is 0 Å². The smallest absolute Gasteiger partial charge is 0.228 e. The number of hydrogen-bond acceptors (Lipinski definition) is 3. The van der Waals surface area contributed by atoms with Gasteiger partial charge in [0.1, 0.15) is 0 Å².